The van der Waals surface area contributed by atoms with E-state index in [-0.39, 0.29) is 12.3 Å². The number of carbonyl (C=O) groups is 2. The van der Waals surface area contributed by atoms with E-state index in [9.17, 15) is 9.59 Å². The molecule has 0 aliphatic carbocycles. The summed E-state index contributed by atoms with van der Waals surface area (Å²) in [7, 11) is 0. The number of amides is 1. The van der Waals surface area contributed by atoms with Crippen LogP contribution >= 0.6 is 31.9 Å². The lowest BCUT2D eigenvalue weighted by molar-refractivity contribution is -0.141. The van der Waals surface area contributed by atoms with Gasteiger partial charge in [0.2, 0.25) is 5.91 Å². The summed E-state index contributed by atoms with van der Waals surface area (Å²) in [6.45, 7) is 1.65. The van der Waals surface area contributed by atoms with Gasteiger partial charge >= 0.3 is 5.97 Å². The first-order chi connectivity index (χ1) is 8.41. The fourth-order valence-electron chi connectivity index (χ4n) is 1.37. The van der Waals surface area contributed by atoms with E-state index in [1.807, 2.05) is 24.3 Å². The van der Waals surface area contributed by atoms with E-state index in [2.05, 4.69) is 37.2 Å². The molecule has 4 nitrogen and oxygen atoms in total. The summed E-state index contributed by atoms with van der Waals surface area (Å²) in [4.78, 5) is 22.2. The third kappa shape index (κ3) is 4.42. The van der Waals surface area contributed by atoms with Gasteiger partial charge in [-0.3, -0.25) is 4.79 Å². The number of hydrogen-bond donors (Lipinski definition) is 2. The van der Waals surface area contributed by atoms with Crippen LogP contribution in [0, 0.1) is 0 Å². The van der Waals surface area contributed by atoms with Crippen LogP contribution in [0.3, 0.4) is 0 Å². The summed E-state index contributed by atoms with van der Waals surface area (Å²) in [6, 6.07) is 6.40. The van der Waals surface area contributed by atoms with E-state index in [1.165, 1.54) is 0 Å². The second kappa shape index (κ2) is 6.89. The molecular formula is C12H13Br2NO3. The number of aliphatic carboxylic acids is 1. The molecule has 0 fully saturated rings. The van der Waals surface area contributed by atoms with Crippen LogP contribution in [0.2, 0.25) is 0 Å². The second-order valence-corrected chi connectivity index (χ2v) is 6.04. The molecule has 0 saturated carbocycles. The van der Waals surface area contributed by atoms with Crippen LogP contribution in [0.5, 0.6) is 0 Å². The molecule has 0 aliphatic heterocycles. The van der Waals surface area contributed by atoms with Gasteiger partial charge in [0.1, 0.15) is 6.04 Å². The molecule has 2 atom stereocenters. The van der Waals surface area contributed by atoms with E-state index in [0.717, 1.165) is 10.0 Å². The number of carboxylic acid groups (broad SMARTS) is 1. The van der Waals surface area contributed by atoms with Gasteiger partial charge in [-0.05, 0) is 18.6 Å². The molecule has 2 N–H and O–H groups in total. The van der Waals surface area contributed by atoms with E-state index in [1.54, 1.807) is 6.92 Å². The molecule has 0 aliphatic rings. The van der Waals surface area contributed by atoms with Crippen LogP contribution in [0.1, 0.15) is 12.5 Å². The van der Waals surface area contributed by atoms with E-state index in [0.29, 0.717) is 0 Å². The summed E-state index contributed by atoms with van der Waals surface area (Å²) in [5.41, 5.74) is 0.840. The van der Waals surface area contributed by atoms with Crippen LogP contribution in [0.4, 0.5) is 0 Å². The predicted molar refractivity (Wildman–Crippen MR) is 75.8 cm³/mol. The molecule has 0 bridgehead atoms. The second-order valence-electron chi connectivity index (χ2n) is 3.81. The number of rotatable bonds is 5. The molecule has 1 rings (SSSR count). The Morgan fingerprint density at radius 3 is 2.50 bits per heavy atom. The molecule has 0 spiro atoms. The van der Waals surface area contributed by atoms with Crippen LogP contribution in [0.15, 0.2) is 28.7 Å². The molecule has 1 aromatic carbocycles. The van der Waals surface area contributed by atoms with Crippen LogP contribution < -0.4 is 5.32 Å². The predicted octanol–water partition coefficient (Wildman–Crippen LogP) is 2.34. The third-order valence-electron chi connectivity index (χ3n) is 2.36. The maximum atomic E-state index is 11.5. The van der Waals surface area contributed by atoms with Crippen molar-refractivity contribution in [2.24, 2.45) is 0 Å². The smallest absolute Gasteiger partial charge is 0.326 e. The zero-order chi connectivity index (χ0) is 13.7. The average Bonchev–Trinajstić information content (AvgIpc) is 2.30. The SMILES string of the molecule is C[C@@H](Br)C(=O)N[C@@H](Cc1ccccc1Br)C(=O)O. The maximum Gasteiger partial charge on any atom is 0.326 e. The Bertz CT molecular complexity index is 449. The minimum absolute atomic E-state index is 0.238. The van der Waals surface area contributed by atoms with Crippen LogP contribution in [0.25, 0.3) is 0 Å². The average molecular weight is 379 g/mol. The normalized spacial score (nSPS) is 13.7. The standard InChI is InChI=1S/C12H13Br2NO3/c1-7(13)11(16)15-10(12(17)18)6-8-4-2-3-5-9(8)14/h2-5,7,10H,6H2,1H3,(H,15,16)(H,17,18)/t7-,10+/m1/s1. The Labute approximate surface area is 122 Å². The molecule has 0 heterocycles. The molecule has 18 heavy (non-hydrogen) atoms. The molecule has 0 saturated heterocycles. The van der Waals surface area contributed by atoms with Crippen molar-refractivity contribution >= 4 is 43.7 Å². The monoisotopic (exact) mass is 377 g/mol. The van der Waals surface area contributed by atoms with Gasteiger partial charge in [-0.15, -0.1) is 0 Å². The van der Waals surface area contributed by atoms with E-state index >= 15 is 0 Å². The van der Waals surface area contributed by atoms with E-state index < -0.39 is 16.8 Å². The number of nitrogens with one attached hydrogen (secondary N) is 1. The van der Waals surface area contributed by atoms with Crippen molar-refractivity contribution < 1.29 is 14.7 Å². The number of hydrogen-bond acceptors (Lipinski definition) is 2. The van der Waals surface area contributed by atoms with Gasteiger partial charge in [-0.2, -0.15) is 0 Å². The third-order valence-corrected chi connectivity index (χ3v) is 3.55. The zero-order valence-electron chi connectivity index (χ0n) is 9.69. The molecule has 6 heteroatoms. The summed E-state index contributed by atoms with van der Waals surface area (Å²) in [6.07, 6.45) is 0.238. The van der Waals surface area contributed by atoms with Crippen molar-refractivity contribution in [2.75, 3.05) is 0 Å². The largest absolute Gasteiger partial charge is 0.480 e. The highest BCUT2D eigenvalue weighted by Crippen LogP contribution is 2.17. The number of halogens is 2. The molecule has 0 aromatic heterocycles. The Morgan fingerprint density at radius 2 is 2.00 bits per heavy atom. The molecule has 1 aromatic rings. The highest BCUT2D eigenvalue weighted by Gasteiger charge is 2.22. The van der Waals surface area contributed by atoms with Crippen molar-refractivity contribution in [3.8, 4) is 0 Å². The topological polar surface area (TPSA) is 66.4 Å². The Kier molecular flexibility index (Phi) is 5.81. The van der Waals surface area contributed by atoms with E-state index in [4.69, 9.17) is 5.11 Å². The molecule has 0 radical (unpaired) electrons. The number of alkyl halides is 1. The summed E-state index contributed by atoms with van der Waals surface area (Å²) >= 11 is 6.46. The lowest BCUT2D eigenvalue weighted by Crippen LogP contribution is -2.44. The minimum atomic E-state index is -1.05. The Hall–Kier alpha value is -0.880. The first kappa shape index (κ1) is 15.2. The molecular weight excluding hydrogens is 366 g/mol. The van der Waals surface area contributed by atoms with Crippen LogP contribution in [-0.2, 0) is 16.0 Å². The molecule has 98 valence electrons. The molecule has 0 unspecified atom stereocenters. The fourth-order valence-corrected chi connectivity index (χ4v) is 1.95. The summed E-state index contributed by atoms with van der Waals surface area (Å²) in [5.74, 6) is -1.39. The first-order valence-corrected chi connectivity index (χ1v) is 7.03. The highest BCUT2D eigenvalue weighted by atomic mass is 79.9. The van der Waals surface area contributed by atoms with Crippen molar-refractivity contribution in [2.45, 2.75) is 24.2 Å². The van der Waals surface area contributed by atoms with Gasteiger partial charge in [0.15, 0.2) is 0 Å². The van der Waals surface area contributed by atoms with Crippen molar-refractivity contribution in [1.82, 2.24) is 5.32 Å². The van der Waals surface area contributed by atoms with Gasteiger partial charge in [0.05, 0.1) is 4.83 Å². The van der Waals surface area contributed by atoms with Crippen molar-refractivity contribution in [3.63, 3.8) is 0 Å². The van der Waals surface area contributed by atoms with Gasteiger partial charge in [0, 0.05) is 10.9 Å². The quantitative estimate of drug-likeness (QED) is 0.773. The Balaban J connectivity index is 2.79. The number of carbonyl (C=O) groups excluding carboxylic acids is 1. The van der Waals surface area contributed by atoms with Crippen molar-refractivity contribution in [1.29, 1.82) is 0 Å². The molecule has 1 amide bonds. The first-order valence-electron chi connectivity index (χ1n) is 5.32. The van der Waals surface area contributed by atoms with Gasteiger partial charge in [0.25, 0.3) is 0 Å². The highest BCUT2D eigenvalue weighted by molar-refractivity contribution is 9.10. The lowest BCUT2D eigenvalue weighted by atomic mass is 10.1. The van der Waals surface area contributed by atoms with Crippen molar-refractivity contribution in [3.05, 3.63) is 34.3 Å². The zero-order valence-corrected chi connectivity index (χ0v) is 12.9. The minimum Gasteiger partial charge on any atom is -0.480 e. The fraction of sp³-hybridized carbons (Fsp3) is 0.333. The van der Waals surface area contributed by atoms with Gasteiger partial charge in [-0.1, -0.05) is 50.1 Å². The Morgan fingerprint density at radius 1 is 1.39 bits per heavy atom. The van der Waals surface area contributed by atoms with Gasteiger partial charge in [-0.25, -0.2) is 4.79 Å². The number of carboxylic acids is 1. The number of benzene rings is 1. The summed E-state index contributed by atoms with van der Waals surface area (Å²) in [5, 5.41) is 11.6. The summed E-state index contributed by atoms with van der Waals surface area (Å²) < 4.78 is 0.831. The van der Waals surface area contributed by atoms with Crippen LogP contribution in [-0.4, -0.2) is 27.9 Å². The lowest BCUT2D eigenvalue weighted by Gasteiger charge is -2.16. The maximum absolute atomic E-state index is 11.5. The van der Waals surface area contributed by atoms with Gasteiger partial charge < -0.3 is 10.4 Å².